The van der Waals surface area contributed by atoms with Gasteiger partial charge in [0.15, 0.2) is 0 Å². The van der Waals surface area contributed by atoms with E-state index in [9.17, 15) is 15.3 Å². The lowest BCUT2D eigenvalue weighted by atomic mass is 9.95. The molecule has 5 heteroatoms. The highest BCUT2D eigenvalue weighted by Crippen LogP contribution is 2.37. The third kappa shape index (κ3) is 1.61. The van der Waals surface area contributed by atoms with Crippen molar-refractivity contribution < 1.29 is 15.3 Å². The van der Waals surface area contributed by atoms with Crippen molar-refractivity contribution in [2.75, 3.05) is 5.73 Å². The highest BCUT2D eigenvalue weighted by Gasteiger charge is 2.19. The van der Waals surface area contributed by atoms with E-state index in [-0.39, 0.29) is 19.8 Å². The molecule has 2 aromatic carbocycles. The number of anilines is 1. The summed E-state index contributed by atoms with van der Waals surface area (Å²) in [5, 5.41) is 30.4. The number of rotatable bonds is 3. The normalized spacial score (nSPS) is 11.6. The summed E-state index contributed by atoms with van der Waals surface area (Å²) in [6, 6.07) is 7.68. The molecule has 0 unspecified atom stereocenters. The number of aliphatic hydroxyl groups excluding tert-OH is 3. The summed E-state index contributed by atoms with van der Waals surface area (Å²) < 4.78 is 0. The number of aromatic nitrogens is 1. The van der Waals surface area contributed by atoms with Crippen molar-refractivity contribution in [1.82, 2.24) is 4.98 Å². The van der Waals surface area contributed by atoms with Gasteiger partial charge in [0, 0.05) is 33.1 Å². The first kappa shape index (κ1) is 12.9. The number of nitrogen functional groups attached to an aromatic ring is 1. The molecule has 1 heterocycles. The topological polar surface area (TPSA) is 102 Å². The van der Waals surface area contributed by atoms with Crippen LogP contribution in [0.1, 0.15) is 16.7 Å². The number of nitrogens with one attached hydrogen (secondary N) is 1. The zero-order valence-corrected chi connectivity index (χ0v) is 10.8. The fourth-order valence-electron chi connectivity index (χ4n) is 2.84. The van der Waals surface area contributed by atoms with Crippen LogP contribution in [0.25, 0.3) is 21.8 Å². The van der Waals surface area contributed by atoms with Crippen LogP contribution in [-0.4, -0.2) is 20.3 Å². The van der Waals surface area contributed by atoms with Gasteiger partial charge in [0.1, 0.15) is 0 Å². The number of hydrogen-bond acceptors (Lipinski definition) is 4. The van der Waals surface area contributed by atoms with Crippen molar-refractivity contribution in [1.29, 1.82) is 0 Å². The maximum Gasteiger partial charge on any atom is 0.0706 e. The summed E-state index contributed by atoms with van der Waals surface area (Å²) in [5.41, 5.74) is 9.79. The summed E-state index contributed by atoms with van der Waals surface area (Å²) >= 11 is 0. The average Bonchev–Trinajstić information content (AvgIpc) is 2.86. The van der Waals surface area contributed by atoms with Crippen LogP contribution in [0.4, 0.5) is 5.69 Å². The Morgan fingerprint density at radius 2 is 1.55 bits per heavy atom. The van der Waals surface area contributed by atoms with Gasteiger partial charge >= 0.3 is 0 Å². The van der Waals surface area contributed by atoms with E-state index in [1.54, 1.807) is 0 Å². The number of aliphatic hydroxyl groups is 3. The predicted octanol–water partition coefficient (Wildman–Crippen LogP) is 1.38. The second-order valence-electron chi connectivity index (χ2n) is 4.74. The van der Waals surface area contributed by atoms with Crippen molar-refractivity contribution in [3.63, 3.8) is 0 Å². The Morgan fingerprint density at radius 3 is 2.20 bits per heavy atom. The maximum absolute atomic E-state index is 9.63. The number of aromatic amines is 1. The van der Waals surface area contributed by atoms with E-state index in [1.165, 1.54) is 0 Å². The Bertz CT molecular complexity index is 793. The first-order chi connectivity index (χ1) is 9.72. The van der Waals surface area contributed by atoms with E-state index in [0.717, 1.165) is 16.3 Å². The highest BCUT2D eigenvalue weighted by molar-refractivity contribution is 6.14. The highest BCUT2D eigenvalue weighted by atomic mass is 16.3. The predicted molar refractivity (Wildman–Crippen MR) is 78.0 cm³/mol. The molecule has 0 radical (unpaired) electrons. The van der Waals surface area contributed by atoms with Gasteiger partial charge in [-0.2, -0.15) is 0 Å². The summed E-state index contributed by atoms with van der Waals surface area (Å²) in [5.74, 6) is 0. The van der Waals surface area contributed by atoms with E-state index in [4.69, 9.17) is 5.73 Å². The standard InChI is InChI=1S/C15H16N2O3/c16-14-10(6-19)9(5-18)11(7-20)15-13(14)8-3-1-2-4-12(8)17-15/h1-4,17-20H,5-7,16H2. The number of hydrogen-bond donors (Lipinski definition) is 5. The number of benzene rings is 2. The molecule has 3 rings (SSSR count). The Hall–Kier alpha value is -2.08. The lowest BCUT2D eigenvalue weighted by Gasteiger charge is -2.15. The van der Waals surface area contributed by atoms with Crippen LogP contribution in [0.15, 0.2) is 24.3 Å². The molecule has 5 nitrogen and oxygen atoms in total. The Morgan fingerprint density at radius 1 is 0.900 bits per heavy atom. The SMILES string of the molecule is Nc1c(CO)c(CO)c(CO)c2[nH]c3ccccc3c12. The molecule has 0 bridgehead atoms. The zero-order chi connectivity index (χ0) is 14.3. The number of nitrogens with two attached hydrogens (primary N) is 1. The van der Waals surface area contributed by atoms with E-state index < -0.39 is 0 Å². The molecule has 1 aromatic heterocycles. The minimum absolute atomic E-state index is 0.230. The van der Waals surface area contributed by atoms with Crippen LogP contribution in [0.2, 0.25) is 0 Å². The monoisotopic (exact) mass is 272 g/mol. The van der Waals surface area contributed by atoms with E-state index in [1.807, 2.05) is 24.3 Å². The fraction of sp³-hybridized carbons (Fsp3) is 0.200. The molecule has 0 saturated carbocycles. The first-order valence-electron chi connectivity index (χ1n) is 6.38. The van der Waals surface area contributed by atoms with Crippen molar-refractivity contribution in [2.45, 2.75) is 19.8 Å². The molecule has 3 aromatic rings. The van der Waals surface area contributed by atoms with Crippen LogP contribution < -0.4 is 5.73 Å². The lowest BCUT2D eigenvalue weighted by molar-refractivity contribution is 0.249. The molecule has 0 atom stereocenters. The smallest absolute Gasteiger partial charge is 0.0706 e. The van der Waals surface area contributed by atoms with Crippen molar-refractivity contribution in [3.8, 4) is 0 Å². The van der Waals surface area contributed by atoms with Crippen LogP contribution in [-0.2, 0) is 19.8 Å². The van der Waals surface area contributed by atoms with Gasteiger partial charge in [-0.05, 0) is 11.6 Å². The van der Waals surface area contributed by atoms with E-state index >= 15 is 0 Å². The minimum atomic E-state index is -0.276. The van der Waals surface area contributed by atoms with Gasteiger partial charge < -0.3 is 26.0 Å². The second kappa shape index (κ2) is 4.79. The van der Waals surface area contributed by atoms with Gasteiger partial charge in [-0.25, -0.2) is 0 Å². The van der Waals surface area contributed by atoms with Crippen LogP contribution >= 0.6 is 0 Å². The Labute approximate surface area is 115 Å². The van der Waals surface area contributed by atoms with E-state index in [0.29, 0.717) is 27.9 Å². The van der Waals surface area contributed by atoms with Gasteiger partial charge in [0.25, 0.3) is 0 Å². The first-order valence-corrected chi connectivity index (χ1v) is 6.38. The number of fused-ring (bicyclic) bond motifs is 3. The molecule has 0 fully saturated rings. The number of H-pyrrole nitrogens is 1. The van der Waals surface area contributed by atoms with Gasteiger partial charge in [0.2, 0.25) is 0 Å². The molecule has 0 aliphatic heterocycles. The van der Waals surface area contributed by atoms with Crippen LogP contribution in [0.3, 0.4) is 0 Å². The van der Waals surface area contributed by atoms with Crippen LogP contribution in [0.5, 0.6) is 0 Å². The molecular weight excluding hydrogens is 256 g/mol. The third-order valence-electron chi connectivity index (χ3n) is 3.81. The van der Waals surface area contributed by atoms with Crippen molar-refractivity contribution in [3.05, 3.63) is 41.0 Å². The Balaban J connectivity index is 2.57. The summed E-state index contributed by atoms with van der Waals surface area (Å²) in [6.07, 6.45) is 0. The molecule has 0 saturated heterocycles. The van der Waals surface area contributed by atoms with Gasteiger partial charge in [-0.15, -0.1) is 0 Å². The molecule has 0 aliphatic rings. The molecular formula is C15H16N2O3. The van der Waals surface area contributed by atoms with Gasteiger partial charge in [-0.1, -0.05) is 18.2 Å². The summed E-state index contributed by atoms with van der Waals surface area (Å²) in [7, 11) is 0. The van der Waals surface area contributed by atoms with E-state index in [2.05, 4.69) is 4.98 Å². The molecule has 0 spiro atoms. The lowest BCUT2D eigenvalue weighted by Crippen LogP contribution is -2.06. The molecule has 104 valence electrons. The van der Waals surface area contributed by atoms with Crippen LogP contribution in [0, 0.1) is 0 Å². The minimum Gasteiger partial charge on any atom is -0.398 e. The largest absolute Gasteiger partial charge is 0.398 e. The van der Waals surface area contributed by atoms with Crippen molar-refractivity contribution >= 4 is 27.5 Å². The molecule has 20 heavy (non-hydrogen) atoms. The van der Waals surface area contributed by atoms with Gasteiger partial charge in [0.05, 0.1) is 25.3 Å². The Kier molecular flexibility index (Phi) is 3.10. The molecule has 0 aliphatic carbocycles. The third-order valence-corrected chi connectivity index (χ3v) is 3.81. The number of para-hydroxylation sites is 1. The second-order valence-corrected chi connectivity index (χ2v) is 4.74. The van der Waals surface area contributed by atoms with Gasteiger partial charge in [-0.3, -0.25) is 0 Å². The zero-order valence-electron chi connectivity index (χ0n) is 10.8. The van der Waals surface area contributed by atoms with Crippen molar-refractivity contribution in [2.24, 2.45) is 0 Å². The molecule has 6 N–H and O–H groups in total. The fourth-order valence-corrected chi connectivity index (χ4v) is 2.84. The maximum atomic E-state index is 9.63. The average molecular weight is 272 g/mol. The summed E-state index contributed by atoms with van der Waals surface area (Å²) in [4.78, 5) is 3.23. The molecule has 0 amide bonds. The summed E-state index contributed by atoms with van der Waals surface area (Å²) in [6.45, 7) is -0.780. The quantitative estimate of drug-likeness (QED) is 0.465.